The van der Waals surface area contributed by atoms with Crippen molar-refractivity contribution in [3.63, 3.8) is 0 Å². The maximum Gasteiger partial charge on any atom is 0.245 e. The van der Waals surface area contributed by atoms with E-state index in [0.29, 0.717) is 11.9 Å². The Morgan fingerprint density at radius 3 is 2.53 bits per heavy atom. The molecule has 2 aromatic heterocycles. The van der Waals surface area contributed by atoms with Crippen LogP contribution in [0.5, 0.6) is 0 Å². The van der Waals surface area contributed by atoms with Crippen LogP contribution in [0.1, 0.15) is 63.1 Å². The van der Waals surface area contributed by atoms with Gasteiger partial charge in [0.1, 0.15) is 11.6 Å². The molecule has 1 fully saturated rings. The van der Waals surface area contributed by atoms with Crippen LogP contribution in [0.2, 0.25) is 0 Å². The topological polar surface area (TPSA) is 116 Å². The van der Waals surface area contributed by atoms with Crippen LogP contribution >= 0.6 is 0 Å². The molecule has 1 aliphatic carbocycles. The highest BCUT2D eigenvalue weighted by Crippen LogP contribution is 2.32. The van der Waals surface area contributed by atoms with Crippen LogP contribution in [0.3, 0.4) is 0 Å². The fourth-order valence-electron chi connectivity index (χ4n) is 4.40. The first-order chi connectivity index (χ1) is 16.3. The van der Waals surface area contributed by atoms with Gasteiger partial charge < -0.3 is 4.52 Å². The summed E-state index contributed by atoms with van der Waals surface area (Å²) in [6, 6.07) is 12.2. The van der Waals surface area contributed by atoms with E-state index in [-0.39, 0.29) is 16.7 Å². The Kier molecular flexibility index (Phi) is 5.95. The maximum atomic E-state index is 12.9. The molecule has 2 aromatic carbocycles. The standard InChI is InChI=1S/C24H28N6O3S/c1-15(2)22(28-34(31,32)19-11-8-16(3)9-12-19)24-25-23(27-33-24)17-10-13-21-20(14-17)26-29-30(21)18-6-4-5-7-18/h8-15,18,22,28H,4-7H2,1-3H3/t22-/m0/s1. The van der Waals surface area contributed by atoms with Gasteiger partial charge in [-0.15, -0.1) is 5.10 Å². The number of hydrogen-bond acceptors (Lipinski definition) is 7. The molecule has 0 bridgehead atoms. The lowest BCUT2D eigenvalue weighted by Crippen LogP contribution is -2.32. The van der Waals surface area contributed by atoms with Gasteiger partial charge in [-0.25, -0.2) is 13.1 Å². The molecule has 0 amide bonds. The van der Waals surface area contributed by atoms with Crippen molar-refractivity contribution in [1.29, 1.82) is 0 Å². The lowest BCUT2D eigenvalue weighted by atomic mass is 10.1. The molecule has 0 saturated heterocycles. The maximum absolute atomic E-state index is 12.9. The van der Waals surface area contributed by atoms with Gasteiger partial charge in [0.15, 0.2) is 0 Å². The number of nitrogens with one attached hydrogen (secondary N) is 1. The Labute approximate surface area is 198 Å². The molecule has 5 rings (SSSR count). The molecule has 10 heteroatoms. The smallest absolute Gasteiger partial charge is 0.245 e. The number of hydrogen-bond donors (Lipinski definition) is 1. The number of rotatable bonds is 7. The average Bonchev–Trinajstić information content (AvgIpc) is 3.57. The third-order valence-electron chi connectivity index (χ3n) is 6.39. The second kappa shape index (κ2) is 8.92. The summed E-state index contributed by atoms with van der Waals surface area (Å²) in [5, 5.41) is 12.8. The number of benzene rings is 2. The van der Waals surface area contributed by atoms with Crippen molar-refractivity contribution in [2.24, 2.45) is 5.92 Å². The first kappa shape index (κ1) is 22.7. The molecule has 1 N–H and O–H groups in total. The van der Waals surface area contributed by atoms with Gasteiger partial charge in [-0.05, 0) is 56.0 Å². The van der Waals surface area contributed by atoms with E-state index in [9.17, 15) is 8.42 Å². The highest BCUT2D eigenvalue weighted by molar-refractivity contribution is 7.89. The van der Waals surface area contributed by atoms with E-state index in [1.54, 1.807) is 24.3 Å². The van der Waals surface area contributed by atoms with Gasteiger partial charge in [0.05, 0.1) is 16.5 Å². The summed E-state index contributed by atoms with van der Waals surface area (Å²) in [5.41, 5.74) is 3.49. The van der Waals surface area contributed by atoms with E-state index in [1.165, 1.54) is 12.8 Å². The van der Waals surface area contributed by atoms with Crippen molar-refractivity contribution in [3.8, 4) is 11.4 Å². The number of aryl methyl sites for hydroxylation is 1. The molecule has 4 aromatic rings. The zero-order chi connectivity index (χ0) is 23.9. The van der Waals surface area contributed by atoms with Gasteiger partial charge in [0.2, 0.25) is 21.7 Å². The second-order valence-electron chi connectivity index (χ2n) is 9.29. The van der Waals surface area contributed by atoms with Crippen molar-refractivity contribution in [3.05, 3.63) is 53.9 Å². The monoisotopic (exact) mass is 480 g/mol. The average molecular weight is 481 g/mol. The Bertz CT molecular complexity index is 1400. The van der Waals surface area contributed by atoms with Gasteiger partial charge >= 0.3 is 0 Å². The zero-order valence-corrected chi connectivity index (χ0v) is 20.3. The second-order valence-corrected chi connectivity index (χ2v) is 11.0. The third-order valence-corrected chi connectivity index (χ3v) is 7.84. The molecule has 1 atom stereocenters. The van der Waals surface area contributed by atoms with Gasteiger partial charge in [0.25, 0.3) is 0 Å². The molecule has 0 radical (unpaired) electrons. The quantitative estimate of drug-likeness (QED) is 0.411. The van der Waals surface area contributed by atoms with Crippen molar-refractivity contribution >= 4 is 21.1 Å². The van der Waals surface area contributed by atoms with Crippen LogP contribution in [0.25, 0.3) is 22.4 Å². The summed E-state index contributed by atoms with van der Waals surface area (Å²) in [7, 11) is -3.76. The van der Waals surface area contributed by atoms with Crippen molar-refractivity contribution in [2.75, 3.05) is 0 Å². The van der Waals surface area contributed by atoms with Crippen molar-refractivity contribution in [1.82, 2.24) is 29.9 Å². The van der Waals surface area contributed by atoms with Gasteiger partial charge in [-0.2, -0.15) is 9.71 Å². The molecule has 0 spiro atoms. The van der Waals surface area contributed by atoms with E-state index >= 15 is 0 Å². The first-order valence-corrected chi connectivity index (χ1v) is 13.1. The van der Waals surface area contributed by atoms with Crippen LogP contribution in [0.4, 0.5) is 0 Å². The van der Waals surface area contributed by atoms with Crippen molar-refractivity contribution in [2.45, 2.75) is 63.4 Å². The van der Waals surface area contributed by atoms with Crippen molar-refractivity contribution < 1.29 is 12.9 Å². The minimum Gasteiger partial charge on any atom is -0.337 e. The predicted octanol–water partition coefficient (Wildman–Crippen LogP) is 4.58. The van der Waals surface area contributed by atoms with Gasteiger partial charge in [-0.3, -0.25) is 0 Å². The number of nitrogens with zero attached hydrogens (tertiary/aromatic N) is 5. The molecule has 178 valence electrons. The number of aromatic nitrogens is 5. The normalized spacial score (nSPS) is 16.0. The molecule has 1 aliphatic rings. The van der Waals surface area contributed by atoms with E-state index < -0.39 is 16.1 Å². The predicted molar refractivity (Wildman–Crippen MR) is 127 cm³/mol. The van der Waals surface area contributed by atoms with Gasteiger partial charge in [-0.1, -0.05) is 54.8 Å². The third kappa shape index (κ3) is 4.35. The van der Waals surface area contributed by atoms with Crippen LogP contribution in [0, 0.1) is 12.8 Å². The Balaban J connectivity index is 1.41. The van der Waals surface area contributed by atoms with E-state index in [2.05, 4.69) is 25.2 Å². The Morgan fingerprint density at radius 1 is 1.09 bits per heavy atom. The summed E-state index contributed by atoms with van der Waals surface area (Å²) >= 11 is 0. The number of sulfonamides is 1. The first-order valence-electron chi connectivity index (χ1n) is 11.6. The van der Waals surface area contributed by atoms with Crippen LogP contribution in [-0.4, -0.2) is 33.6 Å². The Morgan fingerprint density at radius 2 is 1.82 bits per heavy atom. The zero-order valence-electron chi connectivity index (χ0n) is 19.5. The lowest BCUT2D eigenvalue weighted by molar-refractivity contribution is 0.311. The summed E-state index contributed by atoms with van der Waals surface area (Å²) in [6.07, 6.45) is 4.70. The minimum absolute atomic E-state index is 0.109. The molecule has 34 heavy (non-hydrogen) atoms. The highest BCUT2D eigenvalue weighted by Gasteiger charge is 2.29. The highest BCUT2D eigenvalue weighted by atomic mass is 32.2. The summed E-state index contributed by atoms with van der Waals surface area (Å²) in [4.78, 5) is 4.72. The molecule has 1 saturated carbocycles. The van der Waals surface area contributed by atoms with E-state index in [1.807, 2.05) is 43.7 Å². The molecule has 0 aliphatic heterocycles. The number of fused-ring (bicyclic) bond motifs is 1. The van der Waals surface area contributed by atoms with Crippen LogP contribution in [-0.2, 0) is 10.0 Å². The molecule has 2 heterocycles. The molecule has 9 nitrogen and oxygen atoms in total. The molecule has 0 unspecified atom stereocenters. The lowest BCUT2D eigenvalue weighted by Gasteiger charge is -2.18. The van der Waals surface area contributed by atoms with Crippen LogP contribution in [0.15, 0.2) is 51.9 Å². The molecular weight excluding hydrogens is 452 g/mol. The van der Waals surface area contributed by atoms with Crippen LogP contribution < -0.4 is 4.72 Å². The summed E-state index contributed by atoms with van der Waals surface area (Å²) in [5.74, 6) is 0.491. The fraction of sp³-hybridized carbons (Fsp3) is 0.417. The summed E-state index contributed by atoms with van der Waals surface area (Å²) < 4.78 is 36.1. The van der Waals surface area contributed by atoms with E-state index in [4.69, 9.17) is 4.52 Å². The largest absolute Gasteiger partial charge is 0.337 e. The SMILES string of the molecule is Cc1ccc(S(=O)(=O)N[C@H](c2nc(-c3ccc4c(c3)nnn4C3CCCC3)no2)C(C)C)cc1. The summed E-state index contributed by atoms with van der Waals surface area (Å²) in [6.45, 7) is 5.71. The molecular formula is C24H28N6O3S. The Hall–Kier alpha value is -3.11. The fourth-order valence-corrected chi connectivity index (χ4v) is 5.74. The van der Waals surface area contributed by atoms with Gasteiger partial charge in [0, 0.05) is 5.56 Å². The minimum atomic E-state index is -3.76. The van der Waals surface area contributed by atoms with E-state index in [0.717, 1.165) is 35.0 Å².